The van der Waals surface area contributed by atoms with Gasteiger partial charge >= 0.3 is 0 Å². The summed E-state index contributed by atoms with van der Waals surface area (Å²) in [6, 6.07) is 23.2. The smallest absolute Gasteiger partial charge is 0.264 e. The van der Waals surface area contributed by atoms with Crippen molar-refractivity contribution in [1.29, 1.82) is 0 Å². The number of aryl methyl sites for hydroxylation is 1. The van der Waals surface area contributed by atoms with Crippen molar-refractivity contribution in [2.45, 2.75) is 6.92 Å². The number of thiocarbonyl (C=S) groups is 1. The molecule has 3 aromatic carbocycles. The van der Waals surface area contributed by atoms with Crippen LogP contribution in [0, 0.1) is 6.92 Å². The maximum atomic E-state index is 12.0. The Morgan fingerprint density at radius 1 is 1.07 bits per heavy atom. The molecule has 1 aromatic heterocycles. The summed E-state index contributed by atoms with van der Waals surface area (Å²) >= 11 is 6.88. The summed E-state index contributed by atoms with van der Waals surface area (Å²) in [6.45, 7) is 1.97. The minimum Gasteiger partial charge on any atom is -0.484 e. The number of rotatable bonds is 5. The van der Waals surface area contributed by atoms with E-state index in [4.69, 9.17) is 21.9 Å². The van der Waals surface area contributed by atoms with Crippen LogP contribution >= 0.6 is 23.6 Å². The Morgan fingerprint density at radius 3 is 2.60 bits per heavy atom. The van der Waals surface area contributed by atoms with E-state index in [1.165, 1.54) is 10.3 Å². The molecule has 7 heteroatoms. The second-order valence-corrected chi connectivity index (χ2v) is 8.11. The van der Waals surface area contributed by atoms with E-state index in [2.05, 4.69) is 29.7 Å². The molecule has 2 N–H and O–H groups in total. The number of ether oxygens (including phenoxy) is 1. The minimum absolute atomic E-state index is 0.109. The van der Waals surface area contributed by atoms with Crippen LogP contribution < -0.4 is 15.4 Å². The van der Waals surface area contributed by atoms with Crippen LogP contribution in [-0.4, -0.2) is 22.6 Å². The first-order chi connectivity index (χ1) is 14.6. The zero-order chi connectivity index (χ0) is 20.9. The van der Waals surface area contributed by atoms with Crippen LogP contribution in [0.25, 0.3) is 20.8 Å². The Balaban J connectivity index is 1.33. The SMILES string of the molecule is Cc1ccc2nc(-c3ccc(NC(=S)NC(=O)COc4ccccc4)cc3)sc2c1. The molecule has 0 aliphatic rings. The van der Waals surface area contributed by atoms with E-state index < -0.39 is 0 Å². The minimum atomic E-state index is -0.322. The van der Waals surface area contributed by atoms with Crippen LogP contribution in [0.5, 0.6) is 5.75 Å². The van der Waals surface area contributed by atoms with Crippen molar-refractivity contribution in [3.05, 3.63) is 78.4 Å². The molecule has 0 radical (unpaired) electrons. The van der Waals surface area contributed by atoms with E-state index >= 15 is 0 Å². The molecule has 0 saturated carbocycles. The first kappa shape index (κ1) is 20.0. The predicted octanol–water partition coefficient (Wildman–Crippen LogP) is 5.16. The highest BCUT2D eigenvalue weighted by atomic mass is 32.1. The standard InChI is InChI=1S/C23H19N3O2S2/c1-15-7-12-19-20(13-15)30-22(25-19)16-8-10-17(11-9-16)24-23(29)26-21(27)14-28-18-5-3-2-4-6-18/h2-13H,14H2,1H3,(H2,24,26,27,29). The molecule has 0 fully saturated rings. The highest BCUT2D eigenvalue weighted by Crippen LogP contribution is 2.31. The summed E-state index contributed by atoms with van der Waals surface area (Å²) in [6.07, 6.45) is 0. The average Bonchev–Trinajstić information content (AvgIpc) is 3.16. The molecular weight excluding hydrogens is 414 g/mol. The Kier molecular flexibility index (Phi) is 6.02. The van der Waals surface area contributed by atoms with Crippen LogP contribution in [0.1, 0.15) is 5.56 Å². The number of amides is 1. The molecule has 1 amide bonds. The van der Waals surface area contributed by atoms with Gasteiger partial charge in [-0.25, -0.2) is 4.98 Å². The fourth-order valence-corrected chi connectivity index (χ4v) is 4.14. The van der Waals surface area contributed by atoms with Gasteiger partial charge in [0.1, 0.15) is 10.8 Å². The van der Waals surface area contributed by atoms with Gasteiger partial charge in [-0.3, -0.25) is 10.1 Å². The molecule has 5 nitrogen and oxygen atoms in total. The Bertz CT molecular complexity index is 1190. The van der Waals surface area contributed by atoms with Crippen LogP contribution in [0.3, 0.4) is 0 Å². The third kappa shape index (κ3) is 5.00. The molecule has 0 bridgehead atoms. The number of para-hydroxylation sites is 1. The fourth-order valence-electron chi connectivity index (χ4n) is 2.84. The zero-order valence-electron chi connectivity index (χ0n) is 16.2. The number of carbonyl (C=O) groups is 1. The lowest BCUT2D eigenvalue weighted by molar-refractivity contribution is -0.121. The van der Waals surface area contributed by atoms with Crippen molar-refractivity contribution in [2.24, 2.45) is 0 Å². The highest BCUT2D eigenvalue weighted by Gasteiger charge is 2.08. The quantitative estimate of drug-likeness (QED) is 0.426. The zero-order valence-corrected chi connectivity index (χ0v) is 17.8. The van der Waals surface area contributed by atoms with Gasteiger partial charge in [0.25, 0.3) is 5.91 Å². The third-order valence-electron chi connectivity index (χ3n) is 4.30. The summed E-state index contributed by atoms with van der Waals surface area (Å²) in [5.74, 6) is 0.310. The number of carbonyl (C=O) groups excluding carboxylic acids is 1. The number of hydrogen-bond acceptors (Lipinski definition) is 5. The Hall–Kier alpha value is -3.29. The van der Waals surface area contributed by atoms with E-state index in [1.807, 2.05) is 48.5 Å². The van der Waals surface area contributed by atoms with Gasteiger partial charge in [-0.05, 0) is 73.2 Å². The fraction of sp³-hybridized carbons (Fsp3) is 0.0870. The summed E-state index contributed by atoms with van der Waals surface area (Å²) in [5, 5.41) is 6.82. The normalized spacial score (nSPS) is 10.6. The van der Waals surface area contributed by atoms with Crippen molar-refractivity contribution < 1.29 is 9.53 Å². The van der Waals surface area contributed by atoms with Gasteiger partial charge in [0, 0.05) is 11.3 Å². The maximum Gasteiger partial charge on any atom is 0.264 e. The first-order valence-corrected chi connectivity index (χ1v) is 10.6. The summed E-state index contributed by atoms with van der Waals surface area (Å²) in [5.41, 5.74) is 4.04. The molecule has 0 atom stereocenters. The lowest BCUT2D eigenvalue weighted by atomic mass is 10.2. The number of fused-ring (bicyclic) bond motifs is 1. The number of hydrogen-bond donors (Lipinski definition) is 2. The Labute approximate surface area is 183 Å². The monoisotopic (exact) mass is 433 g/mol. The molecular formula is C23H19N3O2S2. The molecule has 0 saturated heterocycles. The topological polar surface area (TPSA) is 63.2 Å². The van der Waals surface area contributed by atoms with E-state index in [0.29, 0.717) is 5.75 Å². The first-order valence-electron chi connectivity index (χ1n) is 9.33. The second kappa shape index (κ2) is 9.02. The molecule has 0 aliphatic carbocycles. The molecule has 1 heterocycles. The maximum absolute atomic E-state index is 12.0. The predicted molar refractivity (Wildman–Crippen MR) is 126 cm³/mol. The molecule has 4 aromatic rings. The van der Waals surface area contributed by atoms with Gasteiger partial charge in [-0.2, -0.15) is 0 Å². The lowest BCUT2D eigenvalue weighted by Crippen LogP contribution is -2.37. The number of nitrogens with zero attached hydrogens (tertiary/aromatic N) is 1. The van der Waals surface area contributed by atoms with Crippen LogP contribution in [-0.2, 0) is 4.79 Å². The molecule has 4 rings (SSSR count). The van der Waals surface area contributed by atoms with E-state index in [-0.39, 0.29) is 17.6 Å². The van der Waals surface area contributed by atoms with E-state index in [1.54, 1.807) is 23.5 Å². The van der Waals surface area contributed by atoms with Crippen LogP contribution in [0.4, 0.5) is 5.69 Å². The van der Waals surface area contributed by atoms with Gasteiger partial charge < -0.3 is 10.1 Å². The number of anilines is 1. The summed E-state index contributed by atoms with van der Waals surface area (Å²) < 4.78 is 6.59. The highest BCUT2D eigenvalue weighted by molar-refractivity contribution is 7.80. The number of thiazole rings is 1. The van der Waals surface area contributed by atoms with Gasteiger partial charge in [-0.15, -0.1) is 11.3 Å². The van der Waals surface area contributed by atoms with Gasteiger partial charge in [0.05, 0.1) is 10.2 Å². The number of aromatic nitrogens is 1. The number of benzene rings is 3. The van der Waals surface area contributed by atoms with Gasteiger partial charge in [0.2, 0.25) is 0 Å². The molecule has 0 spiro atoms. The van der Waals surface area contributed by atoms with Crippen molar-refractivity contribution >= 4 is 50.5 Å². The third-order valence-corrected chi connectivity index (χ3v) is 5.57. The summed E-state index contributed by atoms with van der Waals surface area (Å²) in [4.78, 5) is 16.7. The van der Waals surface area contributed by atoms with Crippen molar-refractivity contribution in [3.8, 4) is 16.3 Å². The average molecular weight is 434 g/mol. The van der Waals surface area contributed by atoms with Gasteiger partial charge in [0.15, 0.2) is 11.7 Å². The largest absolute Gasteiger partial charge is 0.484 e. The second-order valence-electron chi connectivity index (χ2n) is 6.67. The molecule has 30 heavy (non-hydrogen) atoms. The summed E-state index contributed by atoms with van der Waals surface area (Å²) in [7, 11) is 0. The Morgan fingerprint density at radius 2 is 1.83 bits per heavy atom. The number of nitrogens with one attached hydrogen (secondary N) is 2. The van der Waals surface area contributed by atoms with Crippen molar-refractivity contribution in [3.63, 3.8) is 0 Å². The van der Waals surface area contributed by atoms with E-state index in [9.17, 15) is 4.79 Å². The van der Waals surface area contributed by atoms with E-state index in [0.717, 1.165) is 21.8 Å². The molecule has 0 aliphatic heterocycles. The molecule has 0 unspecified atom stereocenters. The molecule has 150 valence electrons. The van der Waals surface area contributed by atoms with Crippen molar-refractivity contribution in [1.82, 2.24) is 10.3 Å². The van der Waals surface area contributed by atoms with Crippen LogP contribution in [0.15, 0.2) is 72.8 Å². The lowest BCUT2D eigenvalue weighted by Gasteiger charge is -2.10. The van der Waals surface area contributed by atoms with Crippen molar-refractivity contribution in [2.75, 3.05) is 11.9 Å². The van der Waals surface area contributed by atoms with Gasteiger partial charge in [-0.1, -0.05) is 24.3 Å². The van der Waals surface area contributed by atoms with Crippen LogP contribution in [0.2, 0.25) is 0 Å².